The summed E-state index contributed by atoms with van der Waals surface area (Å²) in [6, 6.07) is 9.31. The number of hydrogen-bond donors (Lipinski definition) is 2. The van der Waals surface area contributed by atoms with E-state index in [4.69, 9.17) is 66.2 Å². The van der Waals surface area contributed by atoms with Crippen LogP contribution in [0.4, 0.5) is 22.0 Å². The monoisotopic (exact) mass is 991 g/mol. The van der Waals surface area contributed by atoms with Crippen molar-refractivity contribution >= 4 is 56.3 Å². The van der Waals surface area contributed by atoms with Crippen molar-refractivity contribution in [3.05, 3.63) is 104 Å². The SMILES string of the molecule is CCOOP(=O)(OOCC)C(NC1CCN(C(=O)[C@H](Cc2ccc(OCc3c(Cl)cccc3Cl)cc2)NC(=O)C=Cc2c(F)c(F)c(F)c(F)c2F)CC1)P(=O)(OOCC)OOCC. The molecule has 0 unspecified atom stereocenters. The largest absolute Gasteiger partial charge is 0.489 e. The molecular weight excluding hydrogens is 946 g/mol. The maximum Gasteiger partial charge on any atom is 0.413 e. The van der Waals surface area contributed by atoms with E-state index in [0.29, 0.717) is 39.1 Å². The summed E-state index contributed by atoms with van der Waals surface area (Å²) >= 11 is 12.5. The van der Waals surface area contributed by atoms with Gasteiger partial charge < -0.3 is 15.0 Å². The highest BCUT2D eigenvalue weighted by atomic mass is 35.5. The first-order valence-corrected chi connectivity index (χ1v) is 23.6. The molecule has 3 aromatic carbocycles. The number of carbonyl (C=O) groups excluding carboxylic acids is 2. The summed E-state index contributed by atoms with van der Waals surface area (Å²) in [6.07, 6.45) is 0.918. The minimum absolute atomic E-state index is 0.0285. The molecular formula is C39H46Cl2F5N3O13P2. The van der Waals surface area contributed by atoms with E-state index in [1.165, 1.54) is 32.6 Å². The lowest BCUT2D eigenvalue weighted by molar-refractivity contribution is -0.272. The fourth-order valence-electron chi connectivity index (χ4n) is 5.88. The zero-order chi connectivity index (χ0) is 47.0. The van der Waals surface area contributed by atoms with Crippen LogP contribution in [0, 0.1) is 29.1 Å². The first kappa shape index (κ1) is 53.1. The first-order valence-electron chi connectivity index (χ1n) is 19.7. The van der Waals surface area contributed by atoms with Crippen molar-refractivity contribution in [2.75, 3.05) is 39.5 Å². The molecule has 25 heteroatoms. The van der Waals surface area contributed by atoms with Gasteiger partial charge in [0.25, 0.3) is 0 Å². The second kappa shape index (κ2) is 25.4. The number of hydrogen-bond acceptors (Lipinski definition) is 14. The summed E-state index contributed by atoms with van der Waals surface area (Å²) in [5.41, 5.74) is -2.31. The van der Waals surface area contributed by atoms with Gasteiger partial charge in [-0.15, -0.1) is 18.7 Å². The molecule has 0 radical (unpaired) electrons. The predicted molar refractivity (Wildman–Crippen MR) is 221 cm³/mol. The van der Waals surface area contributed by atoms with Crippen molar-refractivity contribution in [1.29, 1.82) is 0 Å². The van der Waals surface area contributed by atoms with Crippen LogP contribution in [0.15, 0.2) is 48.5 Å². The van der Waals surface area contributed by atoms with E-state index >= 15 is 0 Å². The minimum atomic E-state index is -4.80. The van der Waals surface area contributed by atoms with E-state index in [0.717, 1.165) is 0 Å². The van der Waals surface area contributed by atoms with Crippen molar-refractivity contribution in [2.45, 2.75) is 71.2 Å². The molecule has 0 saturated carbocycles. The van der Waals surface area contributed by atoms with E-state index in [1.54, 1.807) is 42.5 Å². The Balaban J connectivity index is 1.57. The average molecular weight is 993 g/mol. The van der Waals surface area contributed by atoms with Gasteiger partial charge in [-0.2, -0.15) is 0 Å². The molecule has 1 atom stereocenters. The molecule has 16 nitrogen and oxygen atoms in total. The molecule has 0 spiro atoms. The highest BCUT2D eigenvalue weighted by molar-refractivity contribution is 7.72. The van der Waals surface area contributed by atoms with Crippen molar-refractivity contribution < 1.29 is 83.7 Å². The summed E-state index contributed by atoms with van der Waals surface area (Å²) in [5, 5.41) is 6.13. The molecule has 2 amide bonds. The van der Waals surface area contributed by atoms with Crippen molar-refractivity contribution in [2.24, 2.45) is 0 Å². The predicted octanol–water partition coefficient (Wildman–Crippen LogP) is 9.13. The fraction of sp³-hybridized carbons (Fsp3) is 0.436. The molecule has 354 valence electrons. The number of carbonyl (C=O) groups is 2. The Kier molecular flexibility index (Phi) is 21.1. The number of amides is 2. The lowest BCUT2D eigenvalue weighted by Crippen LogP contribution is -2.54. The van der Waals surface area contributed by atoms with Crippen molar-refractivity contribution in [3.8, 4) is 5.75 Å². The van der Waals surface area contributed by atoms with Crippen LogP contribution in [0.1, 0.15) is 57.2 Å². The van der Waals surface area contributed by atoms with Gasteiger partial charge in [0, 0.05) is 47.2 Å². The Morgan fingerprint density at radius 1 is 0.750 bits per heavy atom. The molecule has 1 aliphatic heterocycles. The highest BCUT2D eigenvalue weighted by Crippen LogP contribution is 2.70. The number of benzene rings is 3. The number of rotatable bonds is 25. The second-order valence-electron chi connectivity index (χ2n) is 13.4. The van der Waals surface area contributed by atoms with Crippen LogP contribution in [0.2, 0.25) is 10.0 Å². The van der Waals surface area contributed by atoms with E-state index in [2.05, 4.69) is 10.6 Å². The van der Waals surface area contributed by atoms with Crippen LogP contribution in [-0.2, 0) is 70.0 Å². The van der Waals surface area contributed by atoms with Gasteiger partial charge in [-0.05, 0) is 76.4 Å². The Morgan fingerprint density at radius 2 is 1.22 bits per heavy atom. The Morgan fingerprint density at radius 3 is 1.69 bits per heavy atom. The van der Waals surface area contributed by atoms with Gasteiger partial charge in [-0.25, -0.2) is 41.5 Å². The molecule has 2 N–H and O–H groups in total. The highest BCUT2D eigenvalue weighted by Gasteiger charge is 2.56. The molecule has 4 rings (SSSR count). The molecule has 1 fully saturated rings. The van der Waals surface area contributed by atoms with Crippen molar-refractivity contribution in [1.82, 2.24) is 15.5 Å². The third-order valence-corrected chi connectivity index (χ3v) is 14.1. The summed E-state index contributed by atoms with van der Waals surface area (Å²) in [6.45, 7) is 5.50. The molecule has 0 bridgehead atoms. The van der Waals surface area contributed by atoms with Crippen molar-refractivity contribution in [3.63, 3.8) is 0 Å². The molecule has 1 aliphatic rings. The molecule has 0 aromatic heterocycles. The maximum absolute atomic E-state index is 14.4. The van der Waals surface area contributed by atoms with Gasteiger partial charge >= 0.3 is 15.2 Å². The fourth-order valence-corrected chi connectivity index (χ4v) is 10.4. The minimum Gasteiger partial charge on any atom is -0.489 e. The summed E-state index contributed by atoms with van der Waals surface area (Å²) in [4.78, 5) is 48.4. The number of nitrogens with one attached hydrogen (secondary N) is 2. The normalized spacial score (nSPS) is 14.4. The first-order chi connectivity index (χ1) is 30.5. The summed E-state index contributed by atoms with van der Waals surface area (Å²) < 4.78 is 125. The zero-order valence-electron chi connectivity index (χ0n) is 34.8. The van der Waals surface area contributed by atoms with Gasteiger partial charge in [0.1, 0.15) is 18.4 Å². The smallest absolute Gasteiger partial charge is 0.413 e. The number of nitrogens with zero attached hydrogens (tertiary/aromatic N) is 1. The molecule has 1 saturated heterocycles. The molecule has 1 heterocycles. The number of halogens is 7. The lowest BCUT2D eigenvalue weighted by Gasteiger charge is -2.37. The Bertz CT molecular complexity index is 2070. The third kappa shape index (κ3) is 14.2. The van der Waals surface area contributed by atoms with Gasteiger partial charge in [0.15, 0.2) is 23.3 Å². The number of likely N-dealkylation sites (tertiary alicyclic amines) is 1. The van der Waals surface area contributed by atoms with Gasteiger partial charge in [-0.1, -0.05) is 41.4 Å². The van der Waals surface area contributed by atoms with Gasteiger partial charge in [0.2, 0.25) is 23.2 Å². The molecule has 0 aliphatic carbocycles. The Hall–Kier alpha value is -3.53. The van der Waals surface area contributed by atoms with Crippen LogP contribution in [0.5, 0.6) is 5.75 Å². The van der Waals surface area contributed by atoms with Gasteiger partial charge in [0.05, 0.1) is 32.0 Å². The number of piperidine rings is 1. The Labute approximate surface area is 375 Å². The van der Waals surface area contributed by atoms with Crippen LogP contribution in [0.3, 0.4) is 0 Å². The summed E-state index contributed by atoms with van der Waals surface area (Å²) in [5.74, 6) is -12.5. The van der Waals surface area contributed by atoms with Crippen LogP contribution < -0.4 is 15.4 Å². The van der Waals surface area contributed by atoms with Crippen LogP contribution >= 0.6 is 38.4 Å². The lowest BCUT2D eigenvalue weighted by atomic mass is 10.0. The van der Waals surface area contributed by atoms with E-state index in [9.17, 15) is 40.7 Å². The maximum atomic E-state index is 14.4. The van der Waals surface area contributed by atoms with Crippen LogP contribution in [-0.4, -0.2) is 73.8 Å². The topological polar surface area (TPSA) is 179 Å². The van der Waals surface area contributed by atoms with Crippen LogP contribution in [0.25, 0.3) is 6.08 Å². The standard InChI is InChI=1S/C39H46Cl2F5N3O13P2/c1-5-55-59-63(52,60-56-6-2)39(64(53,61-57-7-3)62-58-8-4)47-25-18-20-49(21-19-25)38(51)31(48-32(50)17-16-27-33(42)35(44)37(46)36(45)34(27)43)22-24-12-14-26(15-13-24)54-23-28-29(40)10-9-11-30(28)41/h9-17,25,31,39,47H,5-8,18-23H2,1-4H3,(H,48,50)/t31-/m0/s1. The average Bonchev–Trinajstić information content (AvgIpc) is 3.29. The number of ether oxygens (including phenoxy) is 1. The third-order valence-electron chi connectivity index (χ3n) is 8.96. The molecule has 3 aromatic rings. The van der Waals surface area contributed by atoms with E-state index in [-0.39, 0.29) is 65.4 Å². The van der Waals surface area contributed by atoms with E-state index in [1.807, 2.05) is 0 Å². The van der Waals surface area contributed by atoms with E-state index < -0.39 is 79.3 Å². The molecule has 64 heavy (non-hydrogen) atoms. The quantitative estimate of drug-likeness (QED) is 0.0156. The second-order valence-corrected chi connectivity index (χ2v) is 18.4. The van der Waals surface area contributed by atoms with Gasteiger partial charge in [-0.3, -0.25) is 24.0 Å². The summed E-state index contributed by atoms with van der Waals surface area (Å²) in [7, 11) is -9.60. The zero-order valence-corrected chi connectivity index (χ0v) is 38.1.